The third kappa shape index (κ3) is 9.45. The maximum atomic E-state index is 15.0. The Bertz CT molecular complexity index is 1980. The zero-order valence-corrected chi connectivity index (χ0v) is 35.4. The van der Waals surface area contributed by atoms with Gasteiger partial charge in [-0.05, 0) is 67.6 Å². The molecule has 1 atom stereocenters. The van der Waals surface area contributed by atoms with Gasteiger partial charge < -0.3 is 18.8 Å². The number of nitrogens with zero attached hydrogens (tertiary/aromatic N) is 1. The number of methoxy groups -OCH3 is 2. The molecule has 1 amide bonds. The van der Waals surface area contributed by atoms with Gasteiger partial charge in [0.15, 0.2) is 11.5 Å². The molecule has 0 aliphatic rings. The lowest BCUT2D eigenvalue weighted by atomic mass is 9.76. The van der Waals surface area contributed by atoms with Gasteiger partial charge in [-0.15, -0.1) is 11.3 Å². The van der Waals surface area contributed by atoms with Crippen LogP contribution in [0.5, 0.6) is 11.5 Å². The SMILES string of the molecule is CCCCN(CCCC)C(=O)C(CC(=O)C(C)(C)CCc1c(C(=O)C(C)(C)C)oc2ccc(OC)cc12)c1c(C(=O)C(C)(C)C)sc2ccc(OC)cc12. The third-order valence-electron chi connectivity index (χ3n) is 10.4. The van der Waals surface area contributed by atoms with Gasteiger partial charge in [0.25, 0.3) is 0 Å². The highest BCUT2D eigenvalue weighted by atomic mass is 32.1. The Balaban J connectivity index is 1.83. The molecule has 4 aromatic rings. The number of fused-ring (bicyclic) bond motifs is 2. The van der Waals surface area contributed by atoms with Crippen LogP contribution in [0, 0.1) is 16.2 Å². The van der Waals surface area contributed by atoms with Crippen molar-refractivity contribution in [2.24, 2.45) is 16.2 Å². The minimum Gasteiger partial charge on any atom is -0.497 e. The fourth-order valence-corrected chi connectivity index (χ4v) is 8.10. The first-order valence-corrected chi connectivity index (χ1v) is 20.2. The van der Waals surface area contributed by atoms with Crippen molar-refractivity contribution in [3.63, 3.8) is 0 Å². The molecule has 2 aromatic heterocycles. The average Bonchev–Trinajstić information content (AvgIpc) is 3.68. The topological polar surface area (TPSA) is 103 Å². The summed E-state index contributed by atoms with van der Waals surface area (Å²) in [6.45, 7) is 20.4. The Kier molecular flexibility index (Phi) is 13.6. The van der Waals surface area contributed by atoms with E-state index in [1.807, 2.05) is 90.6 Å². The molecule has 1 unspecified atom stereocenters. The third-order valence-corrected chi connectivity index (χ3v) is 11.6. The molecule has 9 heteroatoms. The zero-order chi connectivity index (χ0) is 40.2. The van der Waals surface area contributed by atoms with Crippen LogP contribution in [-0.2, 0) is 16.0 Å². The predicted molar refractivity (Wildman–Crippen MR) is 220 cm³/mol. The summed E-state index contributed by atoms with van der Waals surface area (Å²) < 4.78 is 18.2. The van der Waals surface area contributed by atoms with Gasteiger partial charge in [0, 0.05) is 56.8 Å². The minimum atomic E-state index is -0.890. The van der Waals surface area contributed by atoms with Crippen molar-refractivity contribution in [1.29, 1.82) is 0 Å². The van der Waals surface area contributed by atoms with Crippen LogP contribution < -0.4 is 9.47 Å². The van der Waals surface area contributed by atoms with Crippen molar-refractivity contribution >= 4 is 55.6 Å². The molecule has 0 radical (unpaired) electrons. The lowest BCUT2D eigenvalue weighted by Gasteiger charge is -2.31. The number of hydrogen-bond donors (Lipinski definition) is 0. The monoisotopic (exact) mass is 759 g/mol. The molecule has 0 spiro atoms. The summed E-state index contributed by atoms with van der Waals surface area (Å²) >= 11 is 1.38. The number of ether oxygens (including phenoxy) is 2. The second kappa shape index (κ2) is 17.2. The number of rotatable bonds is 18. The van der Waals surface area contributed by atoms with Gasteiger partial charge >= 0.3 is 0 Å². The van der Waals surface area contributed by atoms with Crippen LogP contribution in [0.3, 0.4) is 0 Å². The average molecular weight is 760 g/mol. The summed E-state index contributed by atoms with van der Waals surface area (Å²) in [4.78, 5) is 60.1. The molecule has 4 rings (SSSR count). The molecule has 2 heterocycles. The Morgan fingerprint density at radius 1 is 0.778 bits per heavy atom. The molecular formula is C45H61NO7S. The van der Waals surface area contributed by atoms with E-state index in [2.05, 4.69) is 13.8 Å². The molecular weight excluding hydrogens is 699 g/mol. The van der Waals surface area contributed by atoms with Gasteiger partial charge in [0.05, 0.1) is 25.0 Å². The van der Waals surface area contributed by atoms with Gasteiger partial charge in [-0.3, -0.25) is 19.2 Å². The van der Waals surface area contributed by atoms with Gasteiger partial charge in [0.1, 0.15) is 22.9 Å². The Labute approximate surface area is 326 Å². The number of carbonyl (C=O) groups excluding carboxylic acids is 4. The van der Waals surface area contributed by atoms with E-state index in [9.17, 15) is 19.2 Å². The van der Waals surface area contributed by atoms with Crippen LogP contribution in [-0.4, -0.2) is 55.5 Å². The highest BCUT2D eigenvalue weighted by molar-refractivity contribution is 7.21. The number of thiophene rings is 1. The van der Waals surface area contributed by atoms with Crippen molar-refractivity contribution in [2.45, 2.75) is 120 Å². The summed E-state index contributed by atoms with van der Waals surface area (Å²) in [6, 6.07) is 11.2. The molecule has 0 saturated carbocycles. The van der Waals surface area contributed by atoms with Gasteiger partial charge in [0.2, 0.25) is 11.7 Å². The minimum absolute atomic E-state index is 0.0610. The van der Waals surface area contributed by atoms with Crippen molar-refractivity contribution in [1.82, 2.24) is 4.90 Å². The maximum Gasteiger partial charge on any atom is 0.230 e. The molecule has 0 bridgehead atoms. The number of benzene rings is 2. The van der Waals surface area contributed by atoms with Crippen LogP contribution in [0.2, 0.25) is 0 Å². The van der Waals surface area contributed by atoms with E-state index in [4.69, 9.17) is 13.9 Å². The van der Waals surface area contributed by atoms with E-state index in [-0.39, 0.29) is 29.7 Å². The molecule has 54 heavy (non-hydrogen) atoms. The predicted octanol–water partition coefficient (Wildman–Crippen LogP) is 11.3. The fraction of sp³-hybridized carbons (Fsp3) is 0.556. The Morgan fingerprint density at radius 2 is 1.33 bits per heavy atom. The summed E-state index contributed by atoms with van der Waals surface area (Å²) in [5.41, 5.74) is -0.328. The van der Waals surface area contributed by atoms with Crippen molar-refractivity contribution in [2.75, 3.05) is 27.3 Å². The largest absolute Gasteiger partial charge is 0.497 e. The second-order valence-corrected chi connectivity index (χ2v) is 18.3. The van der Waals surface area contributed by atoms with Crippen molar-refractivity contribution < 1.29 is 33.1 Å². The first-order chi connectivity index (χ1) is 25.3. The molecule has 0 saturated heterocycles. The summed E-state index contributed by atoms with van der Waals surface area (Å²) in [5, 5.41) is 1.55. The number of amides is 1. The van der Waals surface area contributed by atoms with Crippen molar-refractivity contribution in [3.8, 4) is 11.5 Å². The Morgan fingerprint density at radius 3 is 1.87 bits per heavy atom. The van der Waals surface area contributed by atoms with E-state index in [1.165, 1.54) is 11.3 Å². The quantitative estimate of drug-likeness (QED) is 0.0930. The normalized spacial score (nSPS) is 13.0. The van der Waals surface area contributed by atoms with E-state index in [0.717, 1.165) is 46.7 Å². The number of hydrogen-bond acceptors (Lipinski definition) is 8. The number of ketones is 3. The lowest BCUT2D eigenvalue weighted by molar-refractivity contribution is -0.137. The van der Waals surface area contributed by atoms with Crippen LogP contribution >= 0.6 is 11.3 Å². The molecule has 8 nitrogen and oxygen atoms in total. The molecule has 0 aliphatic heterocycles. The molecule has 294 valence electrons. The van der Waals surface area contributed by atoms with E-state index in [0.29, 0.717) is 59.2 Å². The highest BCUT2D eigenvalue weighted by Gasteiger charge is 2.40. The van der Waals surface area contributed by atoms with Gasteiger partial charge in [-0.2, -0.15) is 0 Å². The lowest BCUT2D eigenvalue weighted by Crippen LogP contribution is -2.39. The molecule has 0 N–H and O–H groups in total. The summed E-state index contributed by atoms with van der Waals surface area (Å²) in [7, 11) is 3.20. The fourth-order valence-electron chi connectivity index (χ4n) is 6.71. The molecule has 0 fully saturated rings. The summed E-state index contributed by atoms with van der Waals surface area (Å²) in [6.07, 6.45) is 4.27. The number of Topliss-reactive ketones (excluding diaryl/α,β-unsaturated/α-hetero) is 3. The first-order valence-electron chi connectivity index (χ1n) is 19.4. The highest BCUT2D eigenvalue weighted by Crippen LogP contribution is 2.44. The van der Waals surface area contributed by atoms with Crippen LogP contribution in [0.25, 0.3) is 21.1 Å². The van der Waals surface area contributed by atoms with E-state index in [1.54, 1.807) is 20.3 Å². The number of carbonyl (C=O) groups is 4. The zero-order valence-electron chi connectivity index (χ0n) is 34.6. The van der Waals surface area contributed by atoms with E-state index >= 15 is 0 Å². The second-order valence-electron chi connectivity index (χ2n) is 17.2. The molecule has 0 aliphatic carbocycles. The first kappa shape index (κ1) is 42.8. The maximum absolute atomic E-state index is 15.0. The smallest absolute Gasteiger partial charge is 0.230 e. The number of aryl methyl sites for hydroxylation is 1. The standard InChI is InChI=1S/C45H61NO7S/c1-13-15-23-46(24-16-14-2)42(50)33(37-32-26-29(52-12)18-20-35(32)54-39(37)41(49)44(6,7)8)27-36(47)45(9,10)22-21-30-31-25-28(51-11)17-19-34(31)53-38(30)40(48)43(3,4)5/h17-20,25-26,33H,13-16,21-24,27H2,1-12H3. The van der Waals surface area contributed by atoms with Crippen LogP contribution in [0.15, 0.2) is 40.8 Å². The Hall–Kier alpha value is -3.98. The summed E-state index contributed by atoms with van der Waals surface area (Å²) in [5.74, 6) is 0.305. The van der Waals surface area contributed by atoms with Crippen molar-refractivity contribution in [3.05, 3.63) is 58.2 Å². The van der Waals surface area contributed by atoms with Gasteiger partial charge in [-0.25, -0.2) is 0 Å². The van der Waals surface area contributed by atoms with E-state index < -0.39 is 22.2 Å². The van der Waals surface area contributed by atoms with Crippen LogP contribution in [0.1, 0.15) is 145 Å². The number of unbranched alkanes of at least 4 members (excludes halogenated alkanes) is 2. The molecule has 2 aromatic carbocycles. The van der Waals surface area contributed by atoms with Crippen LogP contribution in [0.4, 0.5) is 0 Å². The van der Waals surface area contributed by atoms with Gasteiger partial charge in [-0.1, -0.05) is 82.1 Å². The number of furan rings is 1.